The Bertz CT molecular complexity index is 674. The molecule has 1 aromatic carbocycles. The number of carbonyl (C=O) groups excluding carboxylic acids is 1. The molecule has 0 radical (unpaired) electrons. The van der Waals surface area contributed by atoms with Crippen LogP contribution in [-0.2, 0) is 6.54 Å². The molecule has 0 aliphatic rings. The van der Waals surface area contributed by atoms with Gasteiger partial charge in [-0.25, -0.2) is 14.4 Å². The fourth-order valence-corrected chi connectivity index (χ4v) is 2.10. The van der Waals surface area contributed by atoms with Crippen LogP contribution in [0, 0.1) is 5.82 Å². The molecule has 0 fully saturated rings. The molecule has 0 unspecified atom stereocenters. The standard InChI is InChI=1S/C14H13ClFN3O3/c1-21-12-10(15)3-8(4-11(12)16)13(20)18-6-9-5-17-7-19-14(9)22-2/h3-5,7H,6H2,1-2H3,(H,18,20). The summed E-state index contributed by atoms with van der Waals surface area (Å²) in [4.78, 5) is 19.8. The van der Waals surface area contributed by atoms with E-state index < -0.39 is 11.7 Å². The third kappa shape index (κ3) is 3.43. The van der Waals surface area contributed by atoms with Crippen molar-refractivity contribution in [3.05, 3.63) is 46.6 Å². The molecule has 0 aliphatic carbocycles. The molecule has 0 bridgehead atoms. The van der Waals surface area contributed by atoms with Gasteiger partial charge in [0.1, 0.15) is 6.33 Å². The van der Waals surface area contributed by atoms with E-state index in [-0.39, 0.29) is 22.9 Å². The van der Waals surface area contributed by atoms with Gasteiger partial charge in [-0.3, -0.25) is 4.79 Å². The molecule has 0 spiro atoms. The van der Waals surface area contributed by atoms with E-state index in [1.807, 2.05) is 0 Å². The predicted molar refractivity (Wildman–Crippen MR) is 77.7 cm³/mol. The summed E-state index contributed by atoms with van der Waals surface area (Å²) in [6.45, 7) is 0.133. The minimum Gasteiger partial charge on any atom is -0.492 e. The van der Waals surface area contributed by atoms with E-state index in [2.05, 4.69) is 15.3 Å². The van der Waals surface area contributed by atoms with E-state index in [4.69, 9.17) is 21.1 Å². The van der Waals surface area contributed by atoms with E-state index in [9.17, 15) is 9.18 Å². The molecule has 2 aromatic rings. The number of hydrogen-bond donors (Lipinski definition) is 1. The topological polar surface area (TPSA) is 73.3 Å². The van der Waals surface area contributed by atoms with Gasteiger partial charge in [0.05, 0.1) is 24.8 Å². The van der Waals surface area contributed by atoms with Crippen molar-refractivity contribution in [2.24, 2.45) is 0 Å². The molecule has 0 saturated heterocycles. The quantitative estimate of drug-likeness (QED) is 0.912. The Labute approximate surface area is 131 Å². The Morgan fingerprint density at radius 2 is 2.14 bits per heavy atom. The molecule has 0 saturated carbocycles. The first-order chi connectivity index (χ1) is 10.6. The van der Waals surface area contributed by atoms with Crippen LogP contribution in [0.15, 0.2) is 24.7 Å². The van der Waals surface area contributed by atoms with Crippen LogP contribution in [0.4, 0.5) is 4.39 Å². The number of nitrogens with one attached hydrogen (secondary N) is 1. The zero-order chi connectivity index (χ0) is 16.1. The minimum absolute atomic E-state index is 0.0216. The Kier molecular flexibility index (Phi) is 5.11. The van der Waals surface area contributed by atoms with E-state index in [0.29, 0.717) is 11.4 Å². The zero-order valence-corrected chi connectivity index (χ0v) is 12.6. The Morgan fingerprint density at radius 3 is 2.77 bits per heavy atom. The number of nitrogens with zero attached hydrogens (tertiary/aromatic N) is 2. The number of rotatable bonds is 5. The second-order valence-electron chi connectivity index (χ2n) is 4.21. The van der Waals surface area contributed by atoms with Crippen LogP contribution in [0.1, 0.15) is 15.9 Å². The van der Waals surface area contributed by atoms with Crippen LogP contribution in [0.5, 0.6) is 11.6 Å². The van der Waals surface area contributed by atoms with Crippen molar-refractivity contribution < 1.29 is 18.7 Å². The molecule has 2 rings (SSSR count). The molecule has 6 nitrogen and oxygen atoms in total. The number of aromatic nitrogens is 2. The number of benzene rings is 1. The average Bonchev–Trinajstić information content (AvgIpc) is 2.52. The van der Waals surface area contributed by atoms with Crippen LogP contribution in [0.25, 0.3) is 0 Å². The second-order valence-corrected chi connectivity index (χ2v) is 4.62. The van der Waals surface area contributed by atoms with Gasteiger partial charge in [-0.1, -0.05) is 11.6 Å². The van der Waals surface area contributed by atoms with E-state index >= 15 is 0 Å². The summed E-state index contributed by atoms with van der Waals surface area (Å²) in [6, 6.07) is 2.39. The number of carbonyl (C=O) groups is 1. The fourth-order valence-electron chi connectivity index (χ4n) is 1.82. The number of methoxy groups -OCH3 is 2. The molecule has 116 valence electrons. The normalized spacial score (nSPS) is 10.2. The first-order valence-corrected chi connectivity index (χ1v) is 6.58. The zero-order valence-electron chi connectivity index (χ0n) is 11.9. The lowest BCUT2D eigenvalue weighted by Crippen LogP contribution is -2.23. The number of ether oxygens (including phenoxy) is 2. The van der Waals surface area contributed by atoms with Crippen molar-refractivity contribution in [2.75, 3.05) is 14.2 Å². The highest BCUT2D eigenvalue weighted by Crippen LogP contribution is 2.28. The average molecular weight is 326 g/mol. The van der Waals surface area contributed by atoms with Crippen LogP contribution < -0.4 is 14.8 Å². The lowest BCUT2D eigenvalue weighted by Gasteiger charge is -2.10. The number of amides is 1. The predicted octanol–water partition coefficient (Wildman–Crippen LogP) is 2.22. The molecule has 8 heteroatoms. The van der Waals surface area contributed by atoms with Gasteiger partial charge in [0.25, 0.3) is 5.91 Å². The van der Waals surface area contributed by atoms with Crippen molar-refractivity contribution in [3.63, 3.8) is 0 Å². The Hall–Kier alpha value is -2.41. The van der Waals surface area contributed by atoms with Gasteiger partial charge < -0.3 is 14.8 Å². The SMILES string of the molecule is COc1ncncc1CNC(=O)c1cc(F)c(OC)c(Cl)c1. The van der Waals surface area contributed by atoms with Crippen molar-refractivity contribution in [2.45, 2.75) is 6.54 Å². The van der Waals surface area contributed by atoms with Crippen molar-refractivity contribution >= 4 is 17.5 Å². The van der Waals surface area contributed by atoms with E-state index in [0.717, 1.165) is 6.07 Å². The maximum atomic E-state index is 13.7. The summed E-state index contributed by atoms with van der Waals surface area (Å²) in [5.41, 5.74) is 0.678. The minimum atomic E-state index is -0.708. The molecular formula is C14H13ClFN3O3. The van der Waals surface area contributed by atoms with E-state index in [1.165, 1.54) is 32.8 Å². The van der Waals surface area contributed by atoms with Crippen LogP contribution >= 0.6 is 11.6 Å². The molecular weight excluding hydrogens is 313 g/mol. The second kappa shape index (κ2) is 7.04. The molecule has 1 heterocycles. The summed E-state index contributed by atoms with van der Waals surface area (Å²) >= 11 is 5.86. The van der Waals surface area contributed by atoms with Crippen molar-refractivity contribution in [3.8, 4) is 11.6 Å². The Balaban J connectivity index is 2.13. The molecule has 22 heavy (non-hydrogen) atoms. The maximum Gasteiger partial charge on any atom is 0.251 e. The van der Waals surface area contributed by atoms with Crippen LogP contribution in [0.3, 0.4) is 0 Å². The maximum absolute atomic E-state index is 13.7. The summed E-state index contributed by atoms with van der Waals surface area (Å²) in [6.07, 6.45) is 2.86. The Morgan fingerprint density at radius 1 is 1.36 bits per heavy atom. The molecule has 1 aromatic heterocycles. The summed E-state index contributed by atoms with van der Waals surface area (Å²) in [7, 11) is 2.76. The van der Waals surface area contributed by atoms with Crippen molar-refractivity contribution in [1.29, 1.82) is 0 Å². The summed E-state index contributed by atoms with van der Waals surface area (Å²) in [5, 5.41) is 2.64. The van der Waals surface area contributed by atoms with Gasteiger partial charge in [-0.15, -0.1) is 0 Å². The highest BCUT2D eigenvalue weighted by molar-refractivity contribution is 6.32. The van der Waals surface area contributed by atoms with Gasteiger partial charge >= 0.3 is 0 Å². The summed E-state index contributed by atoms with van der Waals surface area (Å²) < 4.78 is 23.6. The lowest BCUT2D eigenvalue weighted by molar-refractivity contribution is 0.0950. The molecule has 0 atom stereocenters. The highest BCUT2D eigenvalue weighted by atomic mass is 35.5. The highest BCUT2D eigenvalue weighted by Gasteiger charge is 2.15. The van der Waals surface area contributed by atoms with E-state index in [1.54, 1.807) is 0 Å². The first kappa shape index (κ1) is 16.0. The summed E-state index contributed by atoms with van der Waals surface area (Å²) in [5.74, 6) is -0.944. The smallest absolute Gasteiger partial charge is 0.251 e. The van der Waals surface area contributed by atoms with Gasteiger partial charge in [-0.2, -0.15) is 0 Å². The van der Waals surface area contributed by atoms with Gasteiger partial charge in [-0.05, 0) is 12.1 Å². The lowest BCUT2D eigenvalue weighted by atomic mass is 10.2. The number of hydrogen-bond acceptors (Lipinski definition) is 5. The largest absolute Gasteiger partial charge is 0.492 e. The number of halogens is 2. The monoisotopic (exact) mass is 325 g/mol. The molecule has 0 aliphatic heterocycles. The van der Waals surface area contributed by atoms with Gasteiger partial charge in [0, 0.05) is 18.3 Å². The van der Waals surface area contributed by atoms with Crippen molar-refractivity contribution in [1.82, 2.24) is 15.3 Å². The first-order valence-electron chi connectivity index (χ1n) is 6.21. The van der Waals surface area contributed by atoms with Crippen LogP contribution in [0.2, 0.25) is 5.02 Å². The fraction of sp³-hybridized carbons (Fsp3) is 0.214. The third-order valence-electron chi connectivity index (χ3n) is 2.84. The molecule has 1 N–H and O–H groups in total. The molecule has 1 amide bonds. The van der Waals surface area contributed by atoms with Crippen LogP contribution in [-0.4, -0.2) is 30.1 Å². The third-order valence-corrected chi connectivity index (χ3v) is 3.12. The van der Waals surface area contributed by atoms with Gasteiger partial charge in [0.15, 0.2) is 11.6 Å². The van der Waals surface area contributed by atoms with Gasteiger partial charge in [0.2, 0.25) is 5.88 Å².